The zero-order valence-corrected chi connectivity index (χ0v) is 10.8. The summed E-state index contributed by atoms with van der Waals surface area (Å²) in [5, 5.41) is 9.20. The molecule has 1 unspecified atom stereocenters. The third-order valence-electron chi connectivity index (χ3n) is 4.45. The summed E-state index contributed by atoms with van der Waals surface area (Å²) in [4.78, 5) is 4.14. The Bertz CT molecular complexity index is 396. The summed E-state index contributed by atoms with van der Waals surface area (Å²) in [6.45, 7) is 0.836. The Morgan fingerprint density at radius 3 is 2.94 bits per heavy atom. The molecule has 2 aliphatic rings. The highest BCUT2D eigenvalue weighted by Gasteiger charge is 2.40. The van der Waals surface area contributed by atoms with E-state index in [9.17, 15) is 5.11 Å². The molecule has 3 rings (SSSR count). The number of hydrogen-bond acceptors (Lipinski definition) is 3. The Balaban J connectivity index is 1.62. The van der Waals surface area contributed by atoms with Gasteiger partial charge in [-0.1, -0.05) is 19.3 Å². The van der Waals surface area contributed by atoms with Crippen LogP contribution in [0, 0.1) is 0 Å². The van der Waals surface area contributed by atoms with Crippen LogP contribution >= 0.6 is 0 Å². The minimum absolute atomic E-state index is 0.00482. The van der Waals surface area contributed by atoms with Crippen molar-refractivity contribution in [2.75, 3.05) is 0 Å². The monoisotopic (exact) mass is 250 g/mol. The molecule has 0 aromatic carbocycles. The summed E-state index contributed by atoms with van der Waals surface area (Å²) in [7, 11) is 0. The van der Waals surface area contributed by atoms with Crippen LogP contribution in [0.25, 0.3) is 0 Å². The van der Waals surface area contributed by atoms with Gasteiger partial charge in [-0.2, -0.15) is 0 Å². The van der Waals surface area contributed by atoms with E-state index in [4.69, 9.17) is 4.74 Å². The summed E-state index contributed by atoms with van der Waals surface area (Å²) in [5.74, 6) is 0.739. The SMILES string of the molecule is OCc1nccn1CC1CCC2(CCCCC2)O1. The number of aliphatic hydroxyl groups is 1. The molecule has 2 fully saturated rings. The molecule has 1 saturated carbocycles. The van der Waals surface area contributed by atoms with Crippen molar-refractivity contribution in [1.82, 2.24) is 9.55 Å². The summed E-state index contributed by atoms with van der Waals surface area (Å²) in [5.41, 5.74) is 0.183. The molecule has 1 aromatic rings. The van der Waals surface area contributed by atoms with Crippen LogP contribution in [0.1, 0.15) is 50.8 Å². The lowest BCUT2D eigenvalue weighted by Gasteiger charge is -2.33. The van der Waals surface area contributed by atoms with Crippen LogP contribution in [-0.4, -0.2) is 26.4 Å². The third kappa shape index (κ3) is 2.31. The number of aliphatic hydroxyl groups excluding tert-OH is 1. The van der Waals surface area contributed by atoms with Crippen molar-refractivity contribution in [1.29, 1.82) is 0 Å². The zero-order chi connectivity index (χ0) is 12.4. The first-order valence-electron chi connectivity index (χ1n) is 7.10. The molecule has 1 spiro atoms. The van der Waals surface area contributed by atoms with E-state index in [1.807, 2.05) is 10.8 Å². The summed E-state index contributed by atoms with van der Waals surface area (Å²) >= 11 is 0. The summed E-state index contributed by atoms with van der Waals surface area (Å²) in [6, 6.07) is 0. The standard InChI is InChI=1S/C14H22N2O2/c17-11-13-15-8-9-16(13)10-12-4-7-14(18-12)5-2-1-3-6-14/h8-9,12,17H,1-7,10-11H2. The number of nitrogens with zero attached hydrogens (tertiary/aromatic N) is 2. The molecule has 4 nitrogen and oxygen atoms in total. The zero-order valence-electron chi connectivity index (χ0n) is 10.8. The van der Waals surface area contributed by atoms with Crippen molar-refractivity contribution in [2.24, 2.45) is 0 Å². The van der Waals surface area contributed by atoms with Gasteiger partial charge in [0.15, 0.2) is 0 Å². The van der Waals surface area contributed by atoms with Crippen molar-refractivity contribution in [2.45, 2.75) is 69.8 Å². The largest absolute Gasteiger partial charge is 0.388 e. The second kappa shape index (κ2) is 5.02. The van der Waals surface area contributed by atoms with Crippen molar-refractivity contribution >= 4 is 0 Å². The Hall–Kier alpha value is -0.870. The molecule has 1 saturated heterocycles. The molecule has 0 radical (unpaired) electrons. The van der Waals surface area contributed by atoms with Crippen LogP contribution in [-0.2, 0) is 17.9 Å². The van der Waals surface area contributed by atoms with Gasteiger partial charge in [0.1, 0.15) is 12.4 Å². The minimum Gasteiger partial charge on any atom is -0.388 e. The maximum atomic E-state index is 9.20. The smallest absolute Gasteiger partial charge is 0.134 e. The first-order valence-corrected chi connectivity index (χ1v) is 7.10. The van der Waals surface area contributed by atoms with Crippen LogP contribution in [0.2, 0.25) is 0 Å². The van der Waals surface area contributed by atoms with Gasteiger partial charge in [-0.25, -0.2) is 4.98 Å². The molecule has 18 heavy (non-hydrogen) atoms. The van der Waals surface area contributed by atoms with E-state index in [0.29, 0.717) is 6.10 Å². The lowest BCUT2D eigenvalue weighted by molar-refractivity contribution is -0.0683. The molecule has 2 heterocycles. The van der Waals surface area contributed by atoms with E-state index in [2.05, 4.69) is 4.98 Å². The molecule has 0 amide bonds. The highest BCUT2D eigenvalue weighted by Crippen LogP contribution is 2.42. The molecule has 1 N–H and O–H groups in total. The predicted molar refractivity (Wildman–Crippen MR) is 68.1 cm³/mol. The molecular weight excluding hydrogens is 228 g/mol. The van der Waals surface area contributed by atoms with Gasteiger partial charge < -0.3 is 14.4 Å². The predicted octanol–water partition coefficient (Wildman–Crippen LogP) is 2.26. The molecule has 1 aromatic heterocycles. The maximum Gasteiger partial charge on any atom is 0.134 e. The number of hydrogen-bond donors (Lipinski definition) is 1. The van der Waals surface area contributed by atoms with Gasteiger partial charge in [0, 0.05) is 12.4 Å². The number of rotatable bonds is 3. The van der Waals surface area contributed by atoms with Gasteiger partial charge in [0.05, 0.1) is 18.2 Å². The van der Waals surface area contributed by atoms with Crippen molar-refractivity contribution in [3.63, 3.8) is 0 Å². The molecule has 1 aliphatic carbocycles. The highest BCUT2D eigenvalue weighted by molar-refractivity contribution is 4.95. The van der Waals surface area contributed by atoms with E-state index in [-0.39, 0.29) is 12.2 Å². The second-order valence-corrected chi connectivity index (χ2v) is 5.68. The van der Waals surface area contributed by atoms with Crippen molar-refractivity contribution < 1.29 is 9.84 Å². The normalized spacial score (nSPS) is 26.8. The first-order chi connectivity index (χ1) is 8.81. The number of imidazole rings is 1. The minimum atomic E-state index is 0.00482. The highest BCUT2D eigenvalue weighted by atomic mass is 16.5. The maximum absolute atomic E-state index is 9.20. The van der Waals surface area contributed by atoms with Gasteiger partial charge in [-0.3, -0.25) is 0 Å². The van der Waals surface area contributed by atoms with Gasteiger partial charge >= 0.3 is 0 Å². The topological polar surface area (TPSA) is 47.3 Å². The second-order valence-electron chi connectivity index (χ2n) is 5.68. The van der Waals surface area contributed by atoms with E-state index in [1.54, 1.807) is 6.20 Å². The van der Waals surface area contributed by atoms with E-state index in [0.717, 1.165) is 18.8 Å². The molecule has 1 atom stereocenters. The molecular formula is C14H22N2O2. The molecule has 100 valence electrons. The summed E-state index contributed by atoms with van der Waals surface area (Å²) in [6.07, 6.45) is 12.8. The quantitative estimate of drug-likeness (QED) is 0.895. The average molecular weight is 250 g/mol. The lowest BCUT2D eigenvalue weighted by atomic mass is 9.83. The van der Waals surface area contributed by atoms with Gasteiger partial charge in [-0.05, 0) is 25.7 Å². The molecule has 0 bridgehead atoms. The Kier molecular flexibility index (Phi) is 3.39. The fourth-order valence-electron chi connectivity index (χ4n) is 3.47. The van der Waals surface area contributed by atoms with Gasteiger partial charge in [0.25, 0.3) is 0 Å². The summed E-state index contributed by atoms with van der Waals surface area (Å²) < 4.78 is 8.35. The van der Waals surface area contributed by atoms with Crippen LogP contribution in [0.15, 0.2) is 12.4 Å². The van der Waals surface area contributed by atoms with E-state index >= 15 is 0 Å². The van der Waals surface area contributed by atoms with Crippen molar-refractivity contribution in [3.05, 3.63) is 18.2 Å². The number of aromatic nitrogens is 2. The fraction of sp³-hybridized carbons (Fsp3) is 0.786. The third-order valence-corrected chi connectivity index (χ3v) is 4.45. The van der Waals surface area contributed by atoms with Crippen LogP contribution in [0.4, 0.5) is 0 Å². The van der Waals surface area contributed by atoms with Crippen LogP contribution in [0.5, 0.6) is 0 Å². The lowest BCUT2D eigenvalue weighted by Crippen LogP contribution is -2.32. The fourth-order valence-corrected chi connectivity index (χ4v) is 3.47. The first kappa shape index (κ1) is 12.2. The Morgan fingerprint density at radius 2 is 2.17 bits per heavy atom. The molecule has 1 aliphatic heterocycles. The Labute approximate surface area is 108 Å². The number of ether oxygens (including phenoxy) is 1. The molecule has 4 heteroatoms. The van der Waals surface area contributed by atoms with Crippen LogP contribution in [0.3, 0.4) is 0 Å². The van der Waals surface area contributed by atoms with Gasteiger partial charge in [-0.15, -0.1) is 0 Å². The average Bonchev–Trinajstić information content (AvgIpc) is 2.99. The van der Waals surface area contributed by atoms with E-state index in [1.165, 1.54) is 38.5 Å². The van der Waals surface area contributed by atoms with E-state index < -0.39 is 0 Å². The van der Waals surface area contributed by atoms with Crippen molar-refractivity contribution in [3.8, 4) is 0 Å². The van der Waals surface area contributed by atoms with Crippen LogP contribution < -0.4 is 0 Å². The Morgan fingerprint density at radius 1 is 1.33 bits per heavy atom. The van der Waals surface area contributed by atoms with Gasteiger partial charge in [0.2, 0.25) is 0 Å².